The van der Waals surface area contributed by atoms with E-state index in [0.717, 1.165) is 5.56 Å². The number of benzene rings is 2. The Balaban J connectivity index is 1.82. The van der Waals surface area contributed by atoms with Crippen LogP contribution in [0, 0.1) is 0 Å². The summed E-state index contributed by atoms with van der Waals surface area (Å²) in [6.45, 7) is 6.30. The average Bonchev–Trinajstić information content (AvgIpc) is 2.83. The third-order valence-corrected chi connectivity index (χ3v) is 5.04. The molecule has 0 saturated carbocycles. The molecule has 0 spiro atoms. The summed E-state index contributed by atoms with van der Waals surface area (Å²) >= 11 is 5.62. The lowest BCUT2D eigenvalue weighted by Crippen LogP contribution is -2.42. The van der Waals surface area contributed by atoms with Crippen LogP contribution < -0.4 is 15.0 Å². The summed E-state index contributed by atoms with van der Waals surface area (Å²) in [7, 11) is 0. The third-order valence-electron chi connectivity index (χ3n) is 4.71. The van der Waals surface area contributed by atoms with Crippen LogP contribution in [0.3, 0.4) is 0 Å². The molecule has 0 aliphatic rings. The lowest BCUT2D eigenvalue weighted by Gasteiger charge is -2.26. The number of rotatable bonds is 8. The zero-order valence-corrected chi connectivity index (χ0v) is 20.2. The minimum absolute atomic E-state index is 0.00665. The highest BCUT2D eigenvalue weighted by molar-refractivity contribution is 7.80. The predicted octanol–water partition coefficient (Wildman–Crippen LogP) is 4.77. The quantitative estimate of drug-likeness (QED) is 0.370. The molecule has 3 rings (SSSR count). The Hall–Kier alpha value is -3.78. The first-order valence-electron chi connectivity index (χ1n) is 10.9. The van der Waals surface area contributed by atoms with Gasteiger partial charge < -0.3 is 14.4 Å². The van der Waals surface area contributed by atoms with Crippen LogP contribution in [-0.4, -0.2) is 34.7 Å². The summed E-state index contributed by atoms with van der Waals surface area (Å²) in [5.41, 5.74) is 2.54. The minimum atomic E-state index is -0.394. The maximum atomic E-state index is 12.9. The van der Waals surface area contributed by atoms with Crippen molar-refractivity contribution in [3.05, 3.63) is 89.7 Å². The summed E-state index contributed by atoms with van der Waals surface area (Å²) in [6.07, 6.45) is 3.38. The third kappa shape index (κ3) is 6.86. The summed E-state index contributed by atoms with van der Waals surface area (Å²) < 4.78 is 10.7. The van der Waals surface area contributed by atoms with Crippen LogP contribution in [0.4, 0.5) is 5.69 Å². The Morgan fingerprint density at radius 3 is 2.38 bits per heavy atom. The summed E-state index contributed by atoms with van der Waals surface area (Å²) in [4.78, 5) is 30.8. The molecule has 0 radical (unpaired) electrons. The lowest BCUT2D eigenvalue weighted by atomic mass is 10.1. The van der Waals surface area contributed by atoms with Crippen molar-refractivity contribution in [2.45, 2.75) is 33.4 Å². The second-order valence-electron chi connectivity index (χ2n) is 7.66. The zero-order valence-electron chi connectivity index (χ0n) is 19.4. The van der Waals surface area contributed by atoms with E-state index in [1.54, 1.807) is 72.7 Å². The van der Waals surface area contributed by atoms with Gasteiger partial charge in [-0.15, -0.1) is 0 Å². The number of aromatic nitrogens is 1. The Morgan fingerprint density at radius 1 is 1.03 bits per heavy atom. The first-order chi connectivity index (χ1) is 16.4. The van der Waals surface area contributed by atoms with Crippen molar-refractivity contribution in [3.8, 4) is 5.75 Å². The molecular formula is C26H27N3O4S. The average molecular weight is 478 g/mol. The standard InChI is InChI=1S/C26H27N3O4S/c1-4-32-25(31)20-8-10-22(11-9-20)29(17-19-12-14-27-15-13-19)26(34)28-24(30)21-6-5-7-23(16-21)33-18(2)3/h5-16,18H,4,17H2,1-3H3,(H,28,30,34). The van der Waals surface area contributed by atoms with Gasteiger partial charge in [-0.1, -0.05) is 6.07 Å². The fraction of sp³-hybridized carbons (Fsp3) is 0.231. The van der Waals surface area contributed by atoms with Crippen molar-refractivity contribution < 1.29 is 19.1 Å². The Bertz CT molecular complexity index is 1130. The van der Waals surface area contributed by atoms with Gasteiger partial charge in [0.2, 0.25) is 0 Å². The van der Waals surface area contributed by atoms with Crippen molar-refractivity contribution in [1.29, 1.82) is 0 Å². The van der Waals surface area contributed by atoms with Crippen molar-refractivity contribution in [2.75, 3.05) is 11.5 Å². The number of carbonyl (C=O) groups excluding carboxylic acids is 2. The van der Waals surface area contributed by atoms with Crippen LogP contribution in [0.5, 0.6) is 5.75 Å². The van der Waals surface area contributed by atoms with Crippen LogP contribution in [0.2, 0.25) is 0 Å². The normalized spacial score (nSPS) is 10.5. The second-order valence-corrected chi connectivity index (χ2v) is 8.05. The molecule has 1 amide bonds. The largest absolute Gasteiger partial charge is 0.491 e. The van der Waals surface area contributed by atoms with Crippen molar-refractivity contribution in [2.24, 2.45) is 0 Å². The number of ether oxygens (including phenoxy) is 2. The van der Waals surface area contributed by atoms with Crippen molar-refractivity contribution >= 4 is 34.9 Å². The van der Waals surface area contributed by atoms with E-state index in [9.17, 15) is 9.59 Å². The molecule has 1 aromatic heterocycles. The van der Waals surface area contributed by atoms with Gasteiger partial charge in [0.1, 0.15) is 5.75 Å². The molecule has 0 unspecified atom stereocenters. The van der Waals surface area contributed by atoms with Crippen molar-refractivity contribution in [1.82, 2.24) is 10.3 Å². The molecule has 1 heterocycles. The number of amides is 1. The van der Waals surface area contributed by atoms with Crippen LogP contribution in [-0.2, 0) is 11.3 Å². The van der Waals surface area contributed by atoms with Gasteiger partial charge in [0.25, 0.3) is 5.91 Å². The summed E-state index contributed by atoms with van der Waals surface area (Å²) in [6, 6.07) is 17.6. The molecule has 0 fully saturated rings. The molecule has 34 heavy (non-hydrogen) atoms. The lowest BCUT2D eigenvalue weighted by molar-refractivity contribution is 0.0526. The molecule has 1 N–H and O–H groups in total. The molecule has 0 atom stereocenters. The number of thiocarbonyl (C=S) groups is 1. The number of esters is 1. The van der Waals surface area contributed by atoms with E-state index in [0.29, 0.717) is 35.7 Å². The minimum Gasteiger partial charge on any atom is -0.491 e. The maximum Gasteiger partial charge on any atom is 0.338 e. The molecule has 0 aliphatic heterocycles. The SMILES string of the molecule is CCOC(=O)c1ccc(N(Cc2ccncc2)C(=S)NC(=O)c2cccc(OC(C)C)c2)cc1. The van der Waals surface area contributed by atoms with Crippen LogP contribution in [0.1, 0.15) is 47.1 Å². The number of hydrogen-bond acceptors (Lipinski definition) is 6. The number of nitrogens with zero attached hydrogens (tertiary/aromatic N) is 2. The smallest absolute Gasteiger partial charge is 0.338 e. The molecule has 176 valence electrons. The summed E-state index contributed by atoms with van der Waals surface area (Å²) in [5.74, 6) is -0.132. The van der Waals surface area contributed by atoms with E-state index in [4.69, 9.17) is 21.7 Å². The van der Waals surface area contributed by atoms with E-state index < -0.39 is 5.97 Å². The number of anilines is 1. The fourth-order valence-corrected chi connectivity index (χ4v) is 3.43. The number of hydrogen-bond donors (Lipinski definition) is 1. The highest BCUT2D eigenvalue weighted by Crippen LogP contribution is 2.20. The summed E-state index contributed by atoms with van der Waals surface area (Å²) in [5, 5.41) is 3.03. The van der Waals surface area contributed by atoms with E-state index >= 15 is 0 Å². The van der Waals surface area contributed by atoms with Gasteiger partial charge in [-0.2, -0.15) is 0 Å². The Kier molecular flexibility index (Phi) is 8.70. The van der Waals surface area contributed by atoms with Crippen molar-refractivity contribution in [3.63, 3.8) is 0 Å². The van der Waals surface area contributed by atoms with E-state index in [1.165, 1.54) is 0 Å². The number of carbonyl (C=O) groups is 2. The fourth-order valence-electron chi connectivity index (χ4n) is 3.16. The monoisotopic (exact) mass is 477 g/mol. The van der Waals surface area contributed by atoms with Gasteiger partial charge in [0.15, 0.2) is 5.11 Å². The van der Waals surface area contributed by atoms with E-state index in [2.05, 4.69) is 10.3 Å². The van der Waals surface area contributed by atoms with Crippen LogP contribution in [0.15, 0.2) is 73.1 Å². The highest BCUT2D eigenvalue weighted by atomic mass is 32.1. The molecule has 0 saturated heterocycles. The molecule has 7 nitrogen and oxygen atoms in total. The molecule has 8 heteroatoms. The van der Waals surface area contributed by atoms with E-state index in [1.807, 2.05) is 26.0 Å². The molecule has 0 aliphatic carbocycles. The first kappa shape index (κ1) is 24.9. The van der Waals surface area contributed by atoms with Gasteiger partial charge in [0, 0.05) is 23.6 Å². The van der Waals surface area contributed by atoms with Gasteiger partial charge in [-0.3, -0.25) is 15.1 Å². The van der Waals surface area contributed by atoms with Gasteiger partial charge in [-0.05, 0) is 93.1 Å². The van der Waals surface area contributed by atoms with E-state index in [-0.39, 0.29) is 17.1 Å². The topological polar surface area (TPSA) is 80.8 Å². The number of nitrogens with one attached hydrogen (secondary N) is 1. The molecule has 2 aromatic carbocycles. The Labute approximate surface area is 204 Å². The van der Waals surface area contributed by atoms with Crippen LogP contribution in [0.25, 0.3) is 0 Å². The first-order valence-corrected chi connectivity index (χ1v) is 11.3. The maximum absolute atomic E-state index is 12.9. The zero-order chi connectivity index (χ0) is 24.5. The Morgan fingerprint density at radius 2 is 1.74 bits per heavy atom. The molecule has 3 aromatic rings. The molecular weight excluding hydrogens is 450 g/mol. The van der Waals surface area contributed by atoms with Gasteiger partial charge >= 0.3 is 5.97 Å². The van der Waals surface area contributed by atoms with Gasteiger partial charge in [-0.25, -0.2) is 4.79 Å². The molecule has 0 bridgehead atoms. The second kappa shape index (κ2) is 11.9. The predicted molar refractivity (Wildman–Crippen MR) is 135 cm³/mol. The highest BCUT2D eigenvalue weighted by Gasteiger charge is 2.18. The van der Waals surface area contributed by atoms with Crippen LogP contribution >= 0.6 is 12.2 Å². The number of pyridine rings is 1. The van der Waals surface area contributed by atoms with Gasteiger partial charge in [0.05, 0.1) is 24.8 Å².